The van der Waals surface area contributed by atoms with Crippen molar-refractivity contribution in [2.24, 2.45) is 0 Å². The van der Waals surface area contributed by atoms with Gasteiger partial charge < -0.3 is 5.32 Å². The van der Waals surface area contributed by atoms with E-state index in [2.05, 4.69) is 52.2 Å². The lowest BCUT2D eigenvalue weighted by molar-refractivity contribution is 0.439. The van der Waals surface area contributed by atoms with Crippen LogP contribution in [0.5, 0.6) is 0 Å². The Kier molecular flexibility index (Phi) is 4.43. The number of hydrogen-bond acceptors (Lipinski definition) is 5. The van der Waals surface area contributed by atoms with Gasteiger partial charge in [0.25, 0.3) is 0 Å². The summed E-state index contributed by atoms with van der Waals surface area (Å²) in [6, 6.07) is 4.63. The molecule has 2 unspecified atom stereocenters. The van der Waals surface area contributed by atoms with Crippen LogP contribution < -0.4 is 5.32 Å². The molecule has 0 fully saturated rings. The van der Waals surface area contributed by atoms with Crippen molar-refractivity contribution in [3.63, 3.8) is 0 Å². The highest BCUT2D eigenvalue weighted by molar-refractivity contribution is 7.10. The highest BCUT2D eigenvalue weighted by atomic mass is 32.1. The quantitative estimate of drug-likeness (QED) is 0.871. The Labute approximate surface area is 111 Å². The maximum Gasteiger partial charge on any atom is 0.168 e. The number of aromatic nitrogens is 4. The van der Waals surface area contributed by atoms with Crippen molar-refractivity contribution in [2.45, 2.75) is 38.8 Å². The van der Waals surface area contributed by atoms with E-state index >= 15 is 0 Å². The van der Waals surface area contributed by atoms with Gasteiger partial charge in [0.15, 0.2) is 5.82 Å². The second-order valence-electron chi connectivity index (χ2n) is 4.31. The van der Waals surface area contributed by atoms with Gasteiger partial charge in [-0.1, -0.05) is 19.4 Å². The second kappa shape index (κ2) is 6.06. The first-order chi connectivity index (χ1) is 8.77. The zero-order valence-electron chi connectivity index (χ0n) is 11.0. The van der Waals surface area contributed by atoms with Gasteiger partial charge in [-0.15, -0.1) is 16.4 Å². The van der Waals surface area contributed by atoms with Gasteiger partial charge in [-0.25, -0.2) is 4.68 Å². The van der Waals surface area contributed by atoms with E-state index in [1.807, 2.05) is 11.7 Å². The molecular formula is C12H19N5S. The number of hydrogen-bond donors (Lipinski definition) is 1. The Hall–Kier alpha value is -1.27. The summed E-state index contributed by atoms with van der Waals surface area (Å²) in [6.07, 6.45) is 2.16. The Morgan fingerprint density at radius 3 is 2.94 bits per heavy atom. The Morgan fingerprint density at radius 1 is 1.50 bits per heavy atom. The molecule has 0 aliphatic heterocycles. The summed E-state index contributed by atoms with van der Waals surface area (Å²) in [5, 5.41) is 17.4. The van der Waals surface area contributed by atoms with Crippen LogP contribution >= 0.6 is 11.3 Å². The number of nitrogens with one attached hydrogen (secondary N) is 1. The van der Waals surface area contributed by atoms with Gasteiger partial charge in [0, 0.05) is 4.88 Å². The molecule has 0 saturated carbocycles. The third kappa shape index (κ3) is 2.59. The molecule has 2 heterocycles. The first-order valence-corrected chi connectivity index (χ1v) is 7.14. The molecule has 5 nitrogen and oxygen atoms in total. The lowest BCUT2D eigenvalue weighted by Crippen LogP contribution is -2.22. The fraction of sp³-hybridized carbons (Fsp3) is 0.583. The summed E-state index contributed by atoms with van der Waals surface area (Å²) in [4.78, 5) is 1.31. The topological polar surface area (TPSA) is 55.6 Å². The first kappa shape index (κ1) is 13.2. The minimum absolute atomic E-state index is 0.152. The van der Waals surface area contributed by atoms with Crippen molar-refractivity contribution in [3.8, 4) is 0 Å². The third-order valence-electron chi connectivity index (χ3n) is 3.07. The van der Waals surface area contributed by atoms with E-state index in [4.69, 9.17) is 0 Å². The Bertz CT molecular complexity index is 465. The van der Waals surface area contributed by atoms with Crippen LogP contribution in [0.25, 0.3) is 0 Å². The number of nitrogens with zero attached hydrogens (tertiary/aromatic N) is 4. The molecule has 98 valence electrons. The van der Waals surface area contributed by atoms with Crippen molar-refractivity contribution >= 4 is 11.3 Å². The zero-order valence-corrected chi connectivity index (χ0v) is 11.8. The lowest BCUT2D eigenvalue weighted by Gasteiger charge is -2.18. The van der Waals surface area contributed by atoms with E-state index in [1.165, 1.54) is 4.88 Å². The van der Waals surface area contributed by atoms with Crippen molar-refractivity contribution in [1.29, 1.82) is 0 Å². The van der Waals surface area contributed by atoms with E-state index in [1.54, 1.807) is 11.3 Å². The number of tetrazole rings is 1. The Balaban J connectivity index is 2.34. The molecule has 0 spiro atoms. The van der Waals surface area contributed by atoms with Gasteiger partial charge in [0.1, 0.15) is 0 Å². The van der Waals surface area contributed by atoms with E-state index in [0.29, 0.717) is 0 Å². The van der Waals surface area contributed by atoms with E-state index in [0.717, 1.165) is 18.7 Å². The molecule has 0 saturated heterocycles. The molecular weight excluding hydrogens is 246 g/mol. The minimum atomic E-state index is 0.152. The van der Waals surface area contributed by atoms with Gasteiger partial charge in [0.05, 0.1) is 12.1 Å². The predicted octanol–water partition coefficient (Wildman–Crippen LogP) is 2.40. The molecule has 0 aliphatic rings. The lowest BCUT2D eigenvalue weighted by atomic mass is 10.1. The van der Waals surface area contributed by atoms with Crippen LogP contribution in [-0.2, 0) is 0 Å². The molecule has 2 aromatic heterocycles. The summed E-state index contributed by atoms with van der Waals surface area (Å²) < 4.78 is 1.95. The van der Waals surface area contributed by atoms with Crippen molar-refractivity contribution < 1.29 is 0 Å². The molecule has 0 bridgehead atoms. The summed E-state index contributed by atoms with van der Waals surface area (Å²) in [6.45, 7) is 4.26. The van der Waals surface area contributed by atoms with Gasteiger partial charge >= 0.3 is 0 Å². The monoisotopic (exact) mass is 265 g/mol. The molecule has 1 N–H and O–H groups in total. The predicted molar refractivity (Wildman–Crippen MR) is 72.7 cm³/mol. The van der Waals surface area contributed by atoms with Crippen molar-refractivity contribution in [3.05, 3.63) is 28.2 Å². The van der Waals surface area contributed by atoms with Gasteiger partial charge in [-0.2, -0.15) is 0 Å². The van der Waals surface area contributed by atoms with Crippen LogP contribution in [0.2, 0.25) is 0 Å². The molecule has 0 aromatic carbocycles. The molecule has 6 heteroatoms. The molecule has 2 atom stereocenters. The standard InChI is InChI=1S/C12H19N5S/c1-4-6-10(11-7-5-8-18-11)17-12(9(2)13-3)14-15-16-17/h5,7-10,13H,4,6H2,1-3H3. The average Bonchev–Trinajstić information content (AvgIpc) is 3.05. The maximum absolute atomic E-state index is 4.18. The summed E-state index contributed by atoms with van der Waals surface area (Å²) >= 11 is 1.76. The zero-order chi connectivity index (χ0) is 13.0. The van der Waals surface area contributed by atoms with Crippen LogP contribution in [0.3, 0.4) is 0 Å². The van der Waals surface area contributed by atoms with Crippen LogP contribution in [-0.4, -0.2) is 27.3 Å². The number of rotatable bonds is 6. The van der Waals surface area contributed by atoms with Gasteiger partial charge in [-0.05, 0) is 42.3 Å². The summed E-state index contributed by atoms with van der Waals surface area (Å²) in [5.74, 6) is 0.893. The molecule has 2 rings (SSSR count). The minimum Gasteiger partial charge on any atom is -0.311 e. The van der Waals surface area contributed by atoms with Crippen LogP contribution in [0.1, 0.15) is 49.5 Å². The fourth-order valence-electron chi connectivity index (χ4n) is 1.98. The molecule has 0 radical (unpaired) electrons. The van der Waals surface area contributed by atoms with E-state index in [-0.39, 0.29) is 12.1 Å². The largest absolute Gasteiger partial charge is 0.311 e. The third-order valence-corrected chi connectivity index (χ3v) is 4.04. The van der Waals surface area contributed by atoms with Gasteiger partial charge in [-0.3, -0.25) is 0 Å². The second-order valence-corrected chi connectivity index (χ2v) is 5.29. The van der Waals surface area contributed by atoms with E-state index in [9.17, 15) is 0 Å². The highest BCUT2D eigenvalue weighted by Gasteiger charge is 2.21. The molecule has 0 amide bonds. The van der Waals surface area contributed by atoms with Crippen molar-refractivity contribution in [2.75, 3.05) is 7.05 Å². The average molecular weight is 265 g/mol. The van der Waals surface area contributed by atoms with Crippen LogP contribution in [0, 0.1) is 0 Å². The maximum atomic E-state index is 4.18. The first-order valence-electron chi connectivity index (χ1n) is 6.26. The van der Waals surface area contributed by atoms with Crippen LogP contribution in [0.15, 0.2) is 17.5 Å². The summed E-state index contributed by atoms with van der Waals surface area (Å²) in [7, 11) is 1.92. The van der Waals surface area contributed by atoms with E-state index < -0.39 is 0 Å². The smallest absolute Gasteiger partial charge is 0.168 e. The normalized spacial score (nSPS) is 14.6. The molecule has 18 heavy (non-hydrogen) atoms. The molecule has 2 aromatic rings. The summed E-state index contributed by atoms with van der Waals surface area (Å²) in [5.41, 5.74) is 0. The van der Waals surface area contributed by atoms with Gasteiger partial charge in [0.2, 0.25) is 0 Å². The van der Waals surface area contributed by atoms with Crippen molar-refractivity contribution in [1.82, 2.24) is 25.5 Å². The highest BCUT2D eigenvalue weighted by Crippen LogP contribution is 2.28. The van der Waals surface area contributed by atoms with Crippen LogP contribution in [0.4, 0.5) is 0 Å². The fourth-order valence-corrected chi connectivity index (χ4v) is 2.82. The number of thiophene rings is 1. The Morgan fingerprint density at radius 2 is 2.33 bits per heavy atom. The SMILES string of the molecule is CCCC(c1cccs1)n1nnnc1C(C)NC. The molecule has 0 aliphatic carbocycles.